The highest BCUT2D eigenvalue weighted by Gasteiger charge is 2.21. The zero-order valence-electron chi connectivity index (χ0n) is 12.4. The Morgan fingerprint density at radius 3 is 2.95 bits per heavy atom. The topological polar surface area (TPSA) is 54.5 Å². The molecule has 0 radical (unpaired) electrons. The third-order valence-electron chi connectivity index (χ3n) is 4.26. The first-order valence-electron chi connectivity index (χ1n) is 7.89. The van der Waals surface area contributed by atoms with Gasteiger partial charge in [-0.05, 0) is 44.5 Å². The smallest absolute Gasteiger partial charge is 0.272 e. The number of piperidine rings is 1. The number of aromatic nitrogens is 1. The molecule has 2 aliphatic rings. The van der Waals surface area contributed by atoms with Crippen molar-refractivity contribution >= 4 is 5.91 Å². The fourth-order valence-electron chi connectivity index (χ4n) is 3.03. The van der Waals surface area contributed by atoms with Crippen LogP contribution >= 0.6 is 0 Å². The van der Waals surface area contributed by atoms with Gasteiger partial charge in [-0.25, -0.2) is 4.98 Å². The minimum atomic E-state index is 0.0382. The van der Waals surface area contributed by atoms with Crippen LogP contribution in [0.4, 0.5) is 0 Å². The predicted octanol–water partition coefficient (Wildman–Crippen LogP) is 1.41. The van der Waals surface area contributed by atoms with Crippen LogP contribution in [0.2, 0.25) is 0 Å². The molecule has 0 unspecified atom stereocenters. The van der Waals surface area contributed by atoms with Gasteiger partial charge in [0.25, 0.3) is 5.91 Å². The van der Waals surface area contributed by atoms with E-state index in [0.717, 1.165) is 51.2 Å². The third-order valence-corrected chi connectivity index (χ3v) is 4.26. The molecule has 1 aromatic rings. The molecule has 5 nitrogen and oxygen atoms in total. The lowest BCUT2D eigenvalue weighted by atomic mass is 9.94. The molecule has 1 amide bonds. The summed E-state index contributed by atoms with van der Waals surface area (Å²) in [5.74, 6) is 0.516. The summed E-state index contributed by atoms with van der Waals surface area (Å²) in [4.78, 5) is 19.1. The Morgan fingerprint density at radius 2 is 2.10 bits per heavy atom. The molecule has 2 aliphatic heterocycles. The number of ether oxygens (including phenoxy) is 1. The third kappa shape index (κ3) is 3.60. The zero-order chi connectivity index (χ0) is 14.5. The van der Waals surface area contributed by atoms with Gasteiger partial charge in [0.05, 0.1) is 6.61 Å². The first-order valence-corrected chi connectivity index (χ1v) is 7.89. The second-order valence-corrected chi connectivity index (χ2v) is 5.73. The van der Waals surface area contributed by atoms with Crippen LogP contribution in [0.15, 0.2) is 18.2 Å². The maximum Gasteiger partial charge on any atom is 0.272 e. The number of carbonyl (C=O) groups is 1. The summed E-state index contributed by atoms with van der Waals surface area (Å²) in [5.41, 5.74) is 1.64. The normalized spacial score (nSPS) is 21.0. The Bertz CT molecular complexity index is 478. The molecule has 2 saturated heterocycles. The van der Waals surface area contributed by atoms with Gasteiger partial charge in [-0.2, -0.15) is 0 Å². The Hall–Kier alpha value is -1.46. The molecule has 0 saturated carbocycles. The summed E-state index contributed by atoms with van der Waals surface area (Å²) in [6.45, 7) is 4.87. The summed E-state index contributed by atoms with van der Waals surface area (Å²) >= 11 is 0. The fraction of sp³-hybridized carbons (Fsp3) is 0.625. The highest BCUT2D eigenvalue weighted by molar-refractivity contribution is 5.92. The van der Waals surface area contributed by atoms with Crippen molar-refractivity contribution in [3.8, 4) is 0 Å². The molecule has 1 N–H and O–H groups in total. The standard InChI is InChI=1S/C16H23N3O2/c20-16(19-9-2-11-21-12-10-19)15-4-1-3-14(18-15)13-5-7-17-8-6-13/h1,3-4,13,17H,2,5-12H2. The van der Waals surface area contributed by atoms with Gasteiger partial charge >= 0.3 is 0 Å². The second-order valence-electron chi connectivity index (χ2n) is 5.73. The van der Waals surface area contributed by atoms with E-state index < -0.39 is 0 Å². The molecule has 5 heteroatoms. The number of rotatable bonds is 2. The van der Waals surface area contributed by atoms with Gasteiger partial charge in [-0.15, -0.1) is 0 Å². The molecule has 0 aromatic carbocycles. The van der Waals surface area contributed by atoms with Crippen molar-refractivity contribution < 1.29 is 9.53 Å². The second kappa shape index (κ2) is 7.00. The lowest BCUT2D eigenvalue weighted by Crippen LogP contribution is -2.34. The molecular weight excluding hydrogens is 266 g/mol. The highest BCUT2D eigenvalue weighted by Crippen LogP contribution is 2.23. The van der Waals surface area contributed by atoms with E-state index in [-0.39, 0.29) is 5.91 Å². The van der Waals surface area contributed by atoms with E-state index >= 15 is 0 Å². The molecule has 0 aliphatic carbocycles. The number of pyridine rings is 1. The highest BCUT2D eigenvalue weighted by atomic mass is 16.5. The number of nitrogens with one attached hydrogen (secondary N) is 1. The first kappa shape index (κ1) is 14.5. The van der Waals surface area contributed by atoms with Crippen molar-refractivity contribution in [1.29, 1.82) is 0 Å². The van der Waals surface area contributed by atoms with Crippen LogP contribution in [0.1, 0.15) is 41.4 Å². The first-order chi connectivity index (χ1) is 10.3. The number of amides is 1. The van der Waals surface area contributed by atoms with E-state index in [1.807, 2.05) is 17.0 Å². The molecule has 21 heavy (non-hydrogen) atoms. The fourth-order valence-corrected chi connectivity index (χ4v) is 3.03. The Kier molecular flexibility index (Phi) is 4.83. The van der Waals surface area contributed by atoms with E-state index in [2.05, 4.69) is 16.4 Å². The average Bonchev–Trinajstić information content (AvgIpc) is 2.84. The van der Waals surface area contributed by atoms with Gasteiger partial charge in [0, 0.05) is 31.3 Å². The molecule has 114 valence electrons. The summed E-state index contributed by atoms with van der Waals surface area (Å²) in [6.07, 6.45) is 3.10. The van der Waals surface area contributed by atoms with Crippen LogP contribution in [0.25, 0.3) is 0 Å². The van der Waals surface area contributed by atoms with Crippen LogP contribution in [0.3, 0.4) is 0 Å². The predicted molar refractivity (Wildman–Crippen MR) is 80.4 cm³/mol. The minimum absolute atomic E-state index is 0.0382. The number of carbonyl (C=O) groups excluding carboxylic acids is 1. The van der Waals surface area contributed by atoms with Gasteiger partial charge in [0.2, 0.25) is 0 Å². The van der Waals surface area contributed by atoms with Crippen molar-refractivity contribution in [1.82, 2.24) is 15.2 Å². The molecule has 3 heterocycles. The summed E-state index contributed by atoms with van der Waals surface area (Å²) in [7, 11) is 0. The Balaban J connectivity index is 1.73. The SMILES string of the molecule is O=C(c1cccc(C2CCNCC2)n1)N1CCCOCC1. The van der Waals surface area contributed by atoms with Crippen LogP contribution in [0, 0.1) is 0 Å². The van der Waals surface area contributed by atoms with Crippen molar-refractivity contribution in [3.05, 3.63) is 29.6 Å². The van der Waals surface area contributed by atoms with Crippen molar-refractivity contribution in [3.63, 3.8) is 0 Å². The van der Waals surface area contributed by atoms with Crippen molar-refractivity contribution in [2.75, 3.05) is 39.4 Å². The van der Waals surface area contributed by atoms with Gasteiger partial charge in [-0.1, -0.05) is 6.07 Å². The lowest BCUT2D eigenvalue weighted by molar-refractivity contribution is 0.0735. The van der Waals surface area contributed by atoms with E-state index in [9.17, 15) is 4.79 Å². The zero-order valence-corrected chi connectivity index (χ0v) is 12.4. The number of hydrogen-bond acceptors (Lipinski definition) is 4. The van der Waals surface area contributed by atoms with Gasteiger partial charge < -0.3 is 15.0 Å². The van der Waals surface area contributed by atoms with E-state index in [0.29, 0.717) is 24.8 Å². The monoisotopic (exact) mass is 289 g/mol. The molecule has 1 aromatic heterocycles. The van der Waals surface area contributed by atoms with Crippen LogP contribution in [-0.4, -0.2) is 55.2 Å². The lowest BCUT2D eigenvalue weighted by Gasteiger charge is -2.23. The minimum Gasteiger partial charge on any atom is -0.380 e. The number of hydrogen-bond donors (Lipinski definition) is 1. The van der Waals surface area contributed by atoms with Gasteiger partial charge in [0.1, 0.15) is 5.69 Å². The Morgan fingerprint density at radius 1 is 1.24 bits per heavy atom. The largest absolute Gasteiger partial charge is 0.380 e. The quantitative estimate of drug-likeness (QED) is 0.894. The molecule has 0 atom stereocenters. The molecule has 2 fully saturated rings. The van der Waals surface area contributed by atoms with Gasteiger partial charge in [0.15, 0.2) is 0 Å². The molecule has 3 rings (SSSR count). The van der Waals surface area contributed by atoms with E-state index in [1.165, 1.54) is 0 Å². The maximum absolute atomic E-state index is 12.6. The molecule has 0 bridgehead atoms. The van der Waals surface area contributed by atoms with Crippen molar-refractivity contribution in [2.24, 2.45) is 0 Å². The van der Waals surface area contributed by atoms with E-state index in [1.54, 1.807) is 0 Å². The number of nitrogens with zero attached hydrogens (tertiary/aromatic N) is 2. The van der Waals surface area contributed by atoms with Crippen LogP contribution in [-0.2, 0) is 4.74 Å². The molecule has 0 spiro atoms. The summed E-state index contributed by atoms with van der Waals surface area (Å²) < 4.78 is 5.41. The van der Waals surface area contributed by atoms with Crippen LogP contribution < -0.4 is 5.32 Å². The van der Waals surface area contributed by atoms with Crippen molar-refractivity contribution in [2.45, 2.75) is 25.2 Å². The average molecular weight is 289 g/mol. The molecular formula is C16H23N3O2. The maximum atomic E-state index is 12.6. The van der Waals surface area contributed by atoms with Crippen LogP contribution in [0.5, 0.6) is 0 Å². The Labute approximate surface area is 125 Å². The summed E-state index contributed by atoms with van der Waals surface area (Å²) in [5, 5.41) is 3.36. The summed E-state index contributed by atoms with van der Waals surface area (Å²) in [6, 6.07) is 5.85. The van der Waals surface area contributed by atoms with Gasteiger partial charge in [-0.3, -0.25) is 4.79 Å². The van der Waals surface area contributed by atoms with E-state index in [4.69, 9.17) is 4.74 Å².